The van der Waals surface area contributed by atoms with Crippen LogP contribution in [0.1, 0.15) is 10.5 Å². The van der Waals surface area contributed by atoms with Crippen molar-refractivity contribution in [1.29, 1.82) is 0 Å². The first-order chi connectivity index (χ1) is 7.06. The quantitative estimate of drug-likeness (QED) is 0.715. The number of aromatic nitrogens is 1. The number of anilines is 1. The second-order valence-corrected chi connectivity index (χ2v) is 4.11. The van der Waals surface area contributed by atoms with E-state index in [1.54, 1.807) is 19.5 Å². The molecule has 5 heteroatoms. The molecule has 0 spiro atoms. The highest BCUT2D eigenvalue weighted by atomic mass is 32.1. The van der Waals surface area contributed by atoms with Crippen molar-refractivity contribution in [1.82, 2.24) is 9.88 Å². The monoisotopic (exact) mass is 223 g/mol. The van der Waals surface area contributed by atoms with Crippen molar-refractivity contribution in [2.24, 2.45) is 0 Å². The molecule has 1 rings (SSSR count). The van der Waals surface area contributed by atoms with Crippen molar-refractivity contribution in [2.45, 2.75) is 0 Å². The van der Waals surface area contributed by atoms with Gasteiger partial charge in [-0.25, -0.2) is 4.98 Å². The highest BCUT2D eigenvalue weighted by Crippen LogP contribution is 2.19. The molecule has 0 atom stereocenters. The Bertz CT molecular complexity index is 392. The van der Waals surface area contributed by atoms with Crippen LogP contribution in [-0.2, 0) is 0 Å². The number of carbonyl (C=O) groups excluding carboxylic acids is 1. The minimum Gasteiger partial charge on any atom is -0.343 e. The van der Waals surface area contributed by atoms with Crippen molar-refractivity contribution in [3.05, 3.63) is 11.1 Å². The van der Waals surface area contributed by atoms with Gasteiger partial charge in [0.2, 0.25) is 0 Å². The maximum atomic E-state index is 11.5. The zero-order valence-electron chi connectivity index (χ0n) is 9.02. The third-order valence-corrected chi connectivity index (χ3v) is 2.73. The summed E-state index contributed by atoms with van der Waals surface area (Å²) in [4.78, 5) is 19.1. The number of terminal acetylenes is 1. The van der Waals surface area contributed by atoms with Crippen LogP contribution in [0.3, 0.4) is 0 Å². The Morgan fingerprint density at radius 1 is 1.60 bits per heavy atom. The first-order valence-corrected chi connectivity index (χ1v) is 5.26. The van der Waals surface area contributed by atoms with Crippen LogP contribution in [0.4, 0.5) is 5.13 Å². The first kappa shape index (κ1) is 11.5. The van der Waals surface area contributed by atoms with Crippen LogP contribution in [0.5, 0.6) is 0 Å². The molecule has 0 radical (unpaired) electrons. The predicted octanol–water partition coefficient (Wildman–Crippen LogP) is 0.914. The summed E-state index contributed by atoms with van der Waals surface area (Å²) in [5.41, 5.74) is 0.462. The summed E-state index contributed by atoms with van der Waals surface area (Å²) in [6, 6.07) is 0. The van der Waals surface area contributed by atoms with E-state index in [-0.39, 0.29) is 5.91 Å². The minimum absolute atomic E-state index is 0.0911. The number of thiazole rings is 1. The van der Waals surface area contributed by atoms with Gasteiger partial charge in [-0.2, -0.15) is 0 Å². The zero-order valence-corrected chi connectivity index (χ0v) is 9.84. The topological polar surface area (TPSA) is 36.4 Å². The number of hydrogen-bond acceptors (Lipinski definition) is 4. The van der Waals surface area contributed by atoms with Gasteiger partial charge in [0.1, 0.15) is 5.69 Å². The molecular formula is C10H13N3OS. The molecule has 0 fully saturated rings. The van der Waals surface area contributed by atoms with Crippen molar-refractivity contribution in [3.63, 3.8) is 0 Å². The third-order valence-electron chi connectivity index (χ3n) is 1.77. The van der Waals surface area contributed by atoms with E-state index in [9.17, 15) is 4.79 Å². The van der Waals surface area contributed by atoms with Gasteiger partial charge in [0.25, 0.3) is 5.91 Å². The Hall–Kier alpha value is -1.54. The highest BCUT2D eigenvalue weighted by Gasteiger charge is 2.13. The number of amides is 1. The van der Waals surface area contributed by atoms with Crippen LogP contribution in [0.15, 0.2) is 5.38 Å². The fourth-order valence-corrected chi connectivity index (χ4v) is 1.74. The van der Waals surface area contributed by atoms with E-state index in [1.165, 1.54) is 16.2 Å². The van der Waals surface area contributed by atoms with Crippen molar-refractivity contribution >= 4 is 22.4 Å². The van der Waals surface area contributed by atoms with E-state index < -0.39 is 0 Å². The first-order valence-electron chi connectivity index (χ1n) is 4.38. The molecule has 0 saturated heterocycles. The van der Waals surface area contributed by atoms with E-state index >= 15 is 0 Å². The summed E-state index contributed by atoms with van der Waals surface area (Å²) in [5.74, 6) is 2.43. The molecule has 15 heavy (non-hydrogen) atoms. The SMILES string of the molecule is C#CCN(C)c1nc(C(=O)N(C)C)cs1. The van der Waals surface area contributed by atoms with Crippen LogP contribution in [-0.4, -0.2) is 43.5 Å². The normalized spacial score (nSPS) is 9.47. The summed E-state index contributed by atoms with van der Waals surface area (Å²) < 4.78 is 0. The van der Waals surface area contributed by atoms with Crippen LogP contribution < -0.4 is 4.90 Å². The summed E-state index contributed by atoms with van der Waals surface area (Å²) in [6.07, 6.45) is 5.19. The molecule has 0 saturated carbocycles. The molecule has 1 aromatic heterocycles. The second-order valence-electron chi connectivity index (χ2n) is 3.28. The van der Waals surface area contributed by atoms with Gasteiger partial charge in [-0.05, 0) is 0 Å². The minimum atomic E-state index is -0.0911. The average molecular weight is 223 g/mol. The maximum Gasteiger partial charge on any atom is 0.272 e. The number of nitrogens with zero attached hydrogens (tertiary/aromatic N) is 3. The van der Waals surface area contributed by atoms with Crippen LogP contribution in [0, 0.1) is 12.3 Å². The lowest BCUT2D eigenvalue weighted by atomic mass is 10.4. The van der Waals surface area contributed by atoms with Crippen molar-refractivity contribution in [3.8, 4) is 12.3 Å². The number of hydrogen-bond donors (Lipinski definition) is 0. The third kappa shape index (κ3) is 2.70. The lowest BCUT2D eigenvalue weighted by Crippen LogP contribution is -2.22. The average Bonchev–Trinajstić information content (AvgIpc) is 2.65. The lowest BCUT2D eigenvalue weighted by Gasteiger charge is -2.11. The van der Waals surface area contributed by atoms with E-state index in [0.29, 0.717) is 12.2 Å². The summed E-state index contributed by atoms with van der Waals surface area (Å²) in [7, 11) is 5.25. The number of carbonyl (C=O) groups is 1. The molecule has 0 aliphatic rings. The molecule has 0 unspecified atom stereocenters. The summed E-state index contributed by atoms with van der Waals surface area (Å²) in [6.45, 7) is 0.489. The molecule has 80 valence electrons. The van der Waals surface area contributed by atoms with Crippen molar-refractivity contribution < 1.29 is 4.79 Å². The largest absolute Gasteiger partial charge is 0.343 e. The molecule has 1 amide bonds. The van der Waals surface area contributed by atoms with E-state index in [0.717, 1.165) is 5.13 Å². The van der Waals surface area contributed by atoms with Crippen LogP contribution in [0.2, 0.25) is 0 Å². The maximum absolute atomic E-state index is 11.5. The van der Waals surface area contributed by atoms with Gasteiger partial charge in [0, 0.05) is 26.5 Å². The van der Waals surface area contributed by atoms with Crippen LogP contribution in [0.25, 0.3) is 0 Å². The standard InChI is InChI=1S/C10H13N3OS/c1-5-6-13(4)10-11-8(7-15-10)9(14)12(2)3/h1,7H,6H2,2-4H3. The van der Waals surface area contributed by atoms with E-state index in [2.05, 4.69) is 10.9 Å². The molecule has 1 aromatic rings. The molecule has 0 aromatic carbocycles. The van der Waals surface area contributed by atoms with Gasteiger partial charge in [-0.3, -0.25) is 4.79 Å². The Labute approximate surface area is 93.5 Å². The smallest absolute Gasteiger partial charge is 0.272 e. The molecule has 0 N–H and O–H groups in total. The Kier molecular flexibility index (Phi) is 3.69. The van der Waals surface area contributed by atoms with Gasteiger partial charge in [-0.15, -0.1) is 17.8 Å². The molecule has 0 aliphatic carbocycles. The van der Waals surface area contributed by atoms with Gasteiger partial charge in [0.05, 0.1) is 6.54 Å². The summed E-state index contributed by atoms with van der Waals surface area (Å²) in [5, 5.41) is 2.50. The predicted molar refractivity (Wildman–Crippen MR) is 62.2 cm³/mol. The highest BCUT2D eigenvalue weighted by molar-refractivity contribution is 7.13. The second kappa shape index (κ2) is 4.80. The van der Waals surface area contributed by atoms with Gasteiger partial charge in [-0.1, -0.05) is 5.92 Å². The molecule has 0 aliphatic heterocycles. The fourth-order valence-electron chi connectivity index (χ4n) is 0.971. The number of rotatable bonds is 3. The van der Waals surface area contributed by atoms with Gasteiger partial charge in [0.15, 0.2) is 5.13 Å². The van der Waals surface area contributed by atoms with Crippen LogP contribution >= 0.6 is 11.3 Å². The summed E-state index contributed by atoms with van der Waals surface area (Å²) >= 11 is 1.42. The lowest BCUT2D eigenvalue weighted by molar-refractivity contribution is 0.0823. The Morgan fingerprint density at radius 3 is 2.80 bits per heavy atom. The Balaban J connectivity index is 2.81. The Morgan fingerprint density at radius 2 is 2.27 bits per heavy atom. The van der Waals surface area contributed by atoms with E-state index in [4.69, 9.17) is 6.42 Å². The van der Waals surface area contributed by atoms with Crippen molar-refractivity contribution in [2.75, 3.05) is 32.6 Å². The zero-order chi connectivity index (χ0) is 11.4. The molecular weight excluding hydrogens is 210 g/mol. The molecule has 4 nitrogen and oxygen atoms in total. The molecule has 1 heterocycles. The van der Waals surface area contributed by atoms with Gasteiger partial charge >= 0.3 is 0 Å². The van der Waals surface area contributed by atoms with E-state index in [1.807, 2.05) is 11.9 Å². The van der Waals surface area contributed by atoms with Gasteiger partial charge < -0.3 is 9.80 Å². The molecule has 0 bridgehead atoms. The fraction of sp³-hybridized carbons (Fsp3) is 0.400.